The van der Waals surface area contributed by atoms with Gasteiger partial charge in [-0.1, -0.05) is 18.5 Å². The molecule has 1 aliphatic rings. The SMILES string of the molecule is CCCc1nc(CN2CCCCC2C(=O)O)no1.Cl. The highest BCUT2D eigenvalue weighted by atomic mass is 35.5. The van der Waals surface area contributed by atoms with Crippen molar-refractivity contribution in [1.29, 1.82) is 0 Å². The van der Waals surface area contributed by atoms with Gasteiger partial charge in [0.15, 0.2) is 5.82 Å². The normalized spacial score (nSPS) is 19.9. The summed E-state index contributed by atoms with van der Waals surface area (Å²) in [7, 11) is 0. The lowest BCUT2D eigenvalue weighted by atomic mass is 10.0. The maximum absolute atomic E-state index is 11.2. The van der Waals surface area contributed by atoms with Crippen molar-refractivity contribution in [1.82, 2.24) is 15.0 Å². The quantitative estimate of drug-likeness (QED) is 0.891. The third-order valence-electron chi connectivity index (χ3n) is 3.22. The van der Waals surface area contributed by atoms with Gasteiger partial charge in [-0.15, -0.1) is 12.4 Å². The molecule has 1 fully saturated rings. The fraction of sp³-hybridized carbons (Fsp3) is 0.750. The van der Waals surface area contributed by atoms with E-state index in [0.717, 1.165) is 32.2 Å². The summed E-state index contributed by atoms with van der Waals surface area (Å²) in [5.41, 5.74) is 0. The molecule has 0 aliphatic carbocycles. The number of aryl methyl sites for hydroxylation is 1. The number of aromatic nitrogens is 2. The summed E-state index contributed by atoms with van der Waals surface area (Å²) in [5, 5.41) is 13.1. The number of nitrogens with zero attached hydrogens (tertiary/aromatic N) is 3. The van der Waals surface area contributed by atoms with Gasteiger partial charge < -0.3 is 9.63 Å². The van der Waals surface area contributed by atoms with Crippen molar-refractivity contribution in [2.45, 2.75) is 51.6 Å². The molecular formula is C12H20ClN3O3. The largest absolute Gasteiger partial charge is 0.480 e. The summed E-state index contributed by atoms with van der Waals surface area (Å²) < 4.78 is 5.11. The first-order valence-corrected chi connectivity index (χ1v) is 6.49. The van der Waals surface area contributed by atoms with Crippen LogP contribution in [0.1, 0.15) is 44.3 Å². The lowest BCUT2D eigenvalue weighted by Crippen LogP contribution is -2.44. The van der Waals surface area contributed by atoms with Crippen LogP contribution in [-0.4, -0.2) is 38.7 Å². The molecule has 2 heterocycles. The highest BCUT2D eigenvalue weighted by Gasteiger charge is 2.29. The lowest BCUT2D eigenvalue weighted by Gasteiger charge is -2.31. The van der Waals surface area contributed by atoms with Crippen molar-refractivity contribution in [2.24, 2.45) is 0 Å². The van der Waals surface area contributed by atoms with Crippen molar-refractivity contribution in [2.75, 3.05) is 6.54 Å². The Morgan fingerprint density at radius 3 is 3.00 bits per heavy atom. The number of carboxylic acids is 1. The van der Waals surface area contributed by atoms with Crippen molar-refractivity contribution in [3.63, 3.8) is 0 Å². The first kappa shape index (κ1) is 15.9. The fourth-order valence-corrected chi connectivity index (χ4v) is 2.31. The van der Waals surface area contributed by atoms with E-state index < -0.39 is 12.0 Å². The fourth-order valence-electron chi connectivity index (χ4n) is 2.31. The average Bonchev–Trinajstić information content (AvgIpc) is 2.77. The van der Waals surface area contributed by atoms with Gasteiger partial charge in [0.1, 0.15) is 6.04 Å². The zero-order chi connectivity index (χ0) is 13.0. The van der Waals surface area contributed by atoms with Crippen molar-refractivity contribution >= 4 is 18.4 Å². The van der Waals surface area contributed by atoms with Gasteiger partial charge in [0, 0.05) is 6.42 Å². The Hall–Kier alpha value is -1.14. The highest BCUT2D eigenvalue weighted by Crippen LogP contribution is 2.19. The number of hydrogen-bond acceptors (Lipinski definition) is 5. The minimum absolute atomic E-state index is 0. The molecule has 19 heavy (non-hydrogen) atoms. The summed E-state index contributed by atoms with van der Waals surface area (Å²) >= 11 is 0. The van der Waals surface area contributed by atoms with Crippen LogP contribution < -0.4 is 0 Å². The van der Waals surface area contributed by atoms with Gasteiger partial charge in [-0.25, -0.2) is 0 Å². The van der Waals surface area contributed by atoms with Crippen molar-refractivity contribution in [3.05, 3.63) is 11.7 Å². The molecule has 1 N–H and O–H groups in total. The number of carboxylic acid groups (broad SMARTS) is 1. The lowest BCUT2D eigenvalue weighted by molar-refractivity contribution is -0.144. The van der Waals surface area contributed by atoms with Crippen LogP contribution >= 0.6 is 12.4 Å². The molecule has 0 amide bonds. The number of hydrogen-bond donors (Lipinski definition) is 1. The van der Waals surface area contributed by atoms with Crippen LogP contribution in [0.3, 0.4) is 0 Å². The predicted octanol–water partition coefficient (Wildman–Crippen LogP) is 1.88. The summed E-state index contributed by atoms with van der Waals surface area (Å²) in [5.74, 6) is 0.468. The zero-order valence-corrected chi connectivity index (χ0v) is 11.9. The summed E-state index contributed by atoms with van der Waals surface area (Å²) in [6.07, 6.45) is 4.44. The third kappa shape index (κ3) is 4.18. The molecule has 0 saturated carbocycles. The van der Waals surface area contributed by atoms with E-state index in [4.69, 9.17) is 4.52 Å². The Bertz CT molecular complexity index is 411. The van der Waals surface area contributed by atoms with E-state index in [-0.39, 0.29) is 12.4 Å². The minimum atomic E-state index is -0.757. The molecule has 0 spiro atoms. The second kappa shape index (κ2) is 7.45. The van der Waals surface area contributed by atoms with Crippen LogP contribution in [0.4, 0.5) is 0 Å². The molecule has 7 heteroatoms. The van der Waals surface area contributed by atoms with Gasteiger partial charge in [-0.3, -0.25) is 9.69 Å². The van der Waals surface area contributed by atoms with E-state index in [1.807, 2.05) is 4.90 Å². The highest BCUT2D eigenvalue weighted by molar-refractivity contribution is 5.85. The molecule has 2 rings (SSSR count). The molecule has 0 aromatic carbocycles. The predicted molar refractivity (Wildman–Crippen MR) is 71.2 cm³/mol. The maximum atomic E-state index is 11.2. The zero-order valence-electron chi connectivity index (χ0n) is 11.0. The molecule has 1 unspecified atom stereocenters. The maximum Gasteiger partial charge on any atom is 0.320 e. The number of piperidine rings is 1. The van der Waals surface area contributed by atoms with Crippen LogP contribution in [0.5, 0.6) is 0 Å². The van der Waals surface area contributed by atoms with Crippen LogP contribution in [0.25, 0.3) is 0 Å². The molecule has 1 aromatic rings. The average molecular weight is 290 g/mol. The Morgan fingerprint density at radius 2 is 2.32 bits per heavy atom. The molecule has 1 atom stereocenters. The summed E-state index contributed by atoms with van der Waals surface area (Å²) in [4.78, 5) is 17.4. The van der Waals surface area contributed by atoms with Gasteiger partial charge >= 0.3 is 5.97 Å². The van der Waals surface area contributed by atoms with Crippen molar-refractivity contribution < 1.29 is 14.4 Å². The van der Waals surface area contributed by atoms with E-state index >= 15 is 0 Å². The van der Waals surface area contributed by atoms with Crippen molar-refractivity contribution in [3.8, 4) is 0 Å². The van der Waals surface area contributed by atoms with Crippen LogP contribution in [-0.2, 0) is 17.8 Å². The number of rotatable bonds is 5. The molecule has 1 saturated heterocycles. The Labute approximate surface area is 118 Å². The molecule has 1 aromatic heterocycles. The van der Waals surface area contributed by atoms with Gasteiger partial charge in [0.05, 0.1) is 6.54 Å². The smallest absolute Gasteiger partial charge is 0.320 e. The van der Waals surface area contributed by atoms with Crippen LogP contribution in [0.2, 0.25) is 0 Å². The number of likely N-dealkylation sites (tertiary alicyclic amines) is 1. The van der Waals surface area contributed by atoms with E-state index in [0.29, 0.717) is 24.7 Å². The topological polar surface area (TPSA) is 79.5 Å². The molecule has 108 valence electrons. The second-order valence-corrected chi connectivity index (χ2v) is 4.67. The number of aliphatic carboxylic acids is 1. The molecular weight excluding hydrogens is 270 g/mol. The number of carbonyl (C=O) groups is 1. The van der Waals surface area contributed by atoms with E-state index in [2.05, 4.69) is 17.1 Å². The molecule has 1 aliphatic heterocycles. The van der Waals surface area contributed by atoms with E-state index in [1.165, 1.54) is 0 Å². The van der Waals surface area contributed by atoms with Gasteiger partial charge in [-0.05, 0) is 25.8 Å². The molecule has 0 bridgehead atoms. The Morgan fingerprint density at radius 1 is 1.53 bits per heavy atom. The Balaban J connectivity index is 0.00000180. The second-order valence-electron chi connectivity index (χ2n) is 4.67. The van der Waals surface area contributed by atoms with E-state index in [9.17, 15) is 9.90 Å². The van der Waals surface area contributed by atoms with Crippen LogP contribution in [0.15, 0.2) is 4.52 Å². The van der Waals surface area contributed by atoms with Gasteiger partial charge in [-0.2, -0.15) is 4.98 Å². The third-order valence-corrected chi connectivity index (χ3v) is 3.22. The number of halogens is 1. The van der Waals surface area contributed by atoms with Gasteiger partial charge in [0.2, 0.25) is 5.89 Å². The first-order chi connectivity index (χ1) is 8.70. The first-order valence-electron chi connectivity index (χ1n) is 6.49. The summed E-state index contributed by atoms with van der Waals surface area (Å²) in [6, 6.07) is -0.410. The monoisotopic (exact) mass is 289 g/mol. The van der Waals surface area contributed by atoms with Gasteiger partial charge in [0.25, 0.3) is 0 Å². The standard InChI is InChI=1S/C12H19N3O3.ClH/c1-2-5-11-13-10(14-18-11)8-15-7-4-3-6-9(15)12(16)17;/h9H,2-8H2,1H3,(H,16,17);1H. The molecule has 0 radical (unpaired) electrons. The minimum Gasteiger partial charge on any atom is -0.480 e. The van der Waals surface area contributed by atoms with Crippen LogP contribution in [0, 0.1) is 0 Å². The summed E-state index contributed by atoms with van der Waals surface area (Å²) in [6.45, 7) is 3.30. The Kier molecular flexibility index (Phi) is 6.24. The van der Waals surface area contributed by atoms with E-state index in [1.54, 1.807) is 0 Å². The molecule has 6 nitrogen and oxygen atoms in total.